The Balaban J connectivity index is 2.10. The first-order valence-corrected chi connectivity index (χ1v) is 7.53. The first kappa shape index (κ1) is 15.5. The van der Waals surface area contributed by atoms with Gasteiger partial charge in [-0.15, -0.1) is 0 Å². The lowest BCUT2D eigenvalue weighted by Crippen LogP contribution is -2.31. The minimum absolute atomic E-state index is 0.0751. The largest absolute Gasteiger partial charge is 0.313 e. The van der Waals surface area contributed by atoms with E-state index in [-0.39, 0.29) is 16.8 Å². The Morgan fingerprint density at radius 1 is 1.26 bits per heavy atom. The number of pyridine rings is 1. The van der Waals surface area contributed by atoms with Crippen molar-refractivity contribution in [2.75, 3.05) is 11.4 Å². The lowest BCUT2D eigenvalue weighted by molar-refractivity contribution is -0.107. The third-order valence-corrected chi connectivity index (χ3v) is 4.42. The smallest absolute Gasteiger partial charge is 0.254 e. The van der Waals surface area contributed by atoms with E-state index >= 15 is 0 Å². The SMILES string of the molecule is Cn1c2c(cc(Cc3ccc(F)cc3)c1=O)N(C=O)CC2(C)C. The van der Waals surface area contributed by atoms with Crippen molar-refractivity contribution in [2.45, 2.75) is 25.7 Å². The number of hydrogen-bond donors (Lipinski definition) is 0. The van der Waals surface area contributed by atoms with Crippen molar-refractivity contribution in [3.05, 3.63) is 63.3 Å². The molecule has 0 unspecified atom stereocenters. The number of fused-ring (bicyclic) bond motifs is 1. The average molecular weight is 314 g/mol. The van der Waals surface area contributed by atoms with E-state index in [9.17, 15) is 14.0 Å². The Hall–Kier alpha value is -2.43. The molecule has 0 radical (unpaired) electrons. The number of benzene rings is 1. The summed E-state index contributed by atoms with van der Waals surface area (Å²) in [6, 6.07) is 7.90. The molecule has 0 fully saturated rings. The lowest BCUT2D eigenvalue weighted by Gasteiger charge is -2.20. The molecule has 0 aliphatic carbocycles. The van der Waals surface area contributed by atoms with E-state index in [1.807, 2.05) is 13.8 Å². The van der Waals surface area contributed by atoms with Crippen molar-refractivity contribution in [1.82, 2.24) is 4.57 Å². The Bertz CT molecular complexity index is 822. The highest BCUT2D eigenvalue weighted by molar-refractivity contribution is 5.80. The normalized spacial score (nSPS) is 15.6. The monoisotopic (exact) mass is 314 g/mol. The molecule has 0 saturated carbocycles. The molecular formula is C18H19FN2O2. The van der Waals surface area contributed by atoms with Gasteiger partial charge in [-0.3, -0.25) is 9.59 Å². The summed E-state index contributed by atoms with van der Waals surface area (Å²) in [5.41, 5.74) is 2.77. The molecule has 0 N–H and O–H groups in total. The van der Waals surface area contributed by atoms with Crippen LogP contribution in [0.2, 0.25) is 0 Å². The highest BCUT2D eigenvalue weighted by Gasteiger charge is 2.38. The van der Waals surface area contributed by atoms with Gasteiger partial charge in [-0.1, -0.05) is 26.0 Å². The van der Waals surface area contributed by atoms with Gasteiger partial charge < -0.3 is 9.47 Å². The fourth-order valence-corrected chi connectivity index (χ4v) is 3.43. The number of anilines is 1. The van der Waals surface area contributed by atoms with Crippen LogP contribution in [0.15, 0.2) is 35.1 Å². The number of hydrogen-bond acceptors (Lipinski definition) is 2. The molecule has 0 atom stereocenters. The van der Waals surface area contributed by atoms with Crippen molar-refractivity contribution in [2.24, 2.45) is 7.05 Å². The summed E-state index contributed by atoms with van der Waals surface area (Å²) < 4.78 is 14.7. The van der Waals surface area contributed by atoms with Crippen LogP contribution in [-0.4, -0.2) is 17.5 Å². The summed E-state index contributed by atoms with van der Waals surface area (Å²) in [7, 11) is 1.74. The fourth-order valence-electron chi connectivity index (χ4n) is 3.43. The Morgan fingerprint density at radius 2 is 1.91 bits per heavy atom. The van der Waals surface area contributed by atoms with Crippen LogP contribution < -0.4 is 10.5 Å². The maximum absolute atomic E-state index is 13.0. The van der Waals surface area contributed by atoms with E-state index in [0.717, 1.165) is 23.4 Å². The molecule has 4 nitrogen and oxygen atoms in total. The van der Waals surface area contributed by atoms with Crippen molar-refractivity contribution in [1.29, 1.82) is 0 Å². The van der Waals surface area contributed by atoms with Crippen molar-refractivity contribution in [3.8, 4) is 0 Å². The Kier molecular flexibility index (Phi) is 3.59. The number of carbonyl (C=O) groups is 1. The maximum Gasteiger partial charge on any atom is 0.254 e. The van der Waals surface area contributed by atoms with E-state index < -0.39 is 0 Å². The van der Waals surface area contributed by atoms with Gasteiger partial charge in [0, 0.05) is 31.0 Å². The van der Waals surface area contributed by atoms with Crippen LogP contribution in [0.25, 0.3) is 0 Å². The molecule has 3 rings (SSSR count). The van der Waals surface area contributed by atoms with Crippen LogP contribution in [0.5, 0.6) is 0 Å². The Morgan fingerprint density at radius 3 is 2.52 bits per heavy atom. The molecule has 1 aromatic heterocycles. The quantitative estimate of drug-likeness (QED) is 0.816. The highest BCUT2D eigenvalue weighted by atomic mass is 19.1. The predicted molar refractivity (Wildman–Crippen MR) is 87.3 cm³/mol. The van der Waals surface area contributed by atoms with Crippen molar-refractivity contribution in [3.63, 3.8) is 0 Å². The lowest BCUT2D eigenvalue weighted by atomic mass is 9.90. The molecule has 5 heteroatoms. The minimum atomic E-state index is -0.301. The van der Waals surface area contributed by atoms with Crippen LogP contribution in [0.4, 0.5) is 10.1 Å². The zero-order chi connectivity index (χ0) is 16.8. The Labute approximate surface area is 134 Å². The van der Waals surface area contributed by atoms with E-state index in [1.165, 1.54) is 12.1 Å². The predicted octanol–water partition coefficient (Wildman–Crippen LogP) is 2.37. The molecule has 0 spiro atoms. The van der Waals surface area contributed by atoms with Crippen LogP contribution in [0.3, 0.4) is 0 Å². The molecule has 1 aromatic carbocycles. The fraction of sp³-hybridized carbons (Fsp3) is 0.333. The summed E-state index contributed by atoms with van der Waals surface area (Å²) in [6.45, 7) is 4.60. The van der Waals surface area contributed by atoms with Gasteiger partial charge in [0.05, 0.1) is 11.4 Å². The molecule has 0 saturated heterocycles. The molecule has 0 bridgehead atoms. The number of nitrogens with zero attached hydrogens (tertiary/aromatic N) is 2. The summed E-state index contributed by atoms with van der Waals surface area (Å²) in [5.74, 6) is -0.301. The molecule has 1 amide bonds. The van der Waals surface area contributed by atoms with Gasteiger partial charge in [0.25, 0.3) is 5.56 Å². The standard InChI is InChI=1S/C18H19FN2O2/c1-18(2)10-21(11-22)15-9-13(17(23)20(3)16(15)18)8-12-4-6-14(19)7-5-12/h4-7,9,11H,8,10H2,1-3H3. The number of aromatic nitrogens is 1. The van der Waals surface area contributed by atoms with Gasteiger partial charge in [-0.2, -0.15) is 0 Å². The maximum atomic E-state index is 13.0. The molecule has 120 valence electrons. The topological polar surface area (TPSA) is 42.3 Å². The van der Waals surface area contributed by atoms with Gasteiger partial charge in [0.2, 0.25) is 6.41 Å². The second kappa shape index (κ2) is 5.33. The van der Waals surface area contributed by atoms with E-state index in [2.05, 4.69) is 0 Å². The number of rotatable bonds is 3. The molecule has 1 aliphatic heterocycles. The number of amides is 1. The number of halogens is 1. The van der Waals surface area contributed by atoms with Gasteiger partial charge in [-0.05, 0) is 23.8 Å². The zero-order valence-electron chi connectivity index (χ0n) is 13.5. The first-order chi connectivity index (χ1) is 10.8. The first-order valence-electron chi connectivity index (χ1n) is 7.53. The molecular weight excluding hydrogens is 295 g/mol. The van der Waals surface area contributed by atoms with Gasteiger partial charge >= 0.3 is 0 Å². The molecule has 1 aliphatic rings. The van der Waals surface area contributed by atoms with Gasteiger partial charge in [-0.25, -0.2) is 4.39 Å². The minimum Gasteiger partial charge on any atom is -0.313 e. The second-order valence-corrected chi connectivity index (χ2v) is 6.69. The van der Waals surface area contributed by atoms with Gasteiger partial charge in [0.15, 0.2) is 0 Å². The van der Waals surface area contributed by atoms with Crippen LogP contribution in [0, 0.1) is 5.82 Å². The van der Waals surface area contributed by atoms with E-state index in [1.54, 1.807) is 34.7 Å². The van der Waals surface area contributed by atoms with Gasteiger partial charge in [0.1, 0.15) is 5.82 Å². The highest BCUT2D eigenvalue weighted by Crippen LogP contribution is 2.39. The number of carbonyl (C=O) groups excluding carboxylic acids is 1. The molecule has 2 aromatic rings. The average Bonchev–Trinajstić information content (AvgIpc) is 2.77. The third kappa shape index (κ3) is 2.56. The summed E-state index contributed by atoms with van der Waals surface area (Å²) >= 11 is 0. The summed E-state index contributed by atoms with van der Waals surface area (Å²) in [6.07, 6.45) is 1.22. The molecule has 23 heavy (non-hydrogen) atoms. The van der Waals surface area contributed by atoms with Crippen molar-refractivity contribution < 1.29 is 9.18 Å². The van der Waals surface area contributed by atoms with E-state index in [4.69, 9.17) is 0 Å². The van der Waals surface area contributed by atoms with Crippen LogP contribution in [0.1, 0.15) is 30.7 Å². The van der Waals surface area contributed by atoms with E-state index in [0.29, 0.717) is 18.5 Å². The van der Waals surface area contributed by atoms with Crippen LogP contribution in [-0.2, 0) is 23.7 Å². The zero-order valence-corrected chi connectivity index (χ0v) is 13.5. The van der Waals surface area contributed by atoms with Crippen molar-refractivity contribution >= 4 is 12.1 Å². The summed E-state index contributed by atoms with van der Waals surface area (Å²) in [5, 5.41) is 0. The second-order valence-electron chi connectivity index (χ2n) is 6.69. The molecule has 2 heterocycles. The third-order valence-electron chi connectivity index (χ3n) is 4.42. The summed E-state index contributed by atoms with van der Waals surface area (Å²) in [4.78, 5) is 25.7. The van der Waals surface area contributed by atoms with Crippen LogP contribution >= 0.6 is 0 Å².